The highest BCUT2D eigenvalue weighted by Gasteiger charge is 2.39. The molecule has 0 radical (unpaired) electrons. The molecule has 0 atom stereocenters. The maximum absolute atomic E-state index is 13.3. The molecule has 11 aromatic rings. The summed E-state index contributed by atoms with van der Waals surface area (Å²) in [6.45, 7) is 10.9. The number of ether oxygens (including phenoxy) is 3. The van der Waals surface area contributed by atoms with E-state index in [1.54, 1.807) is 78.9 Å². The summed E-state index contributed by atoms with van der Waals surface area (Å²) in [5.74, 6) is -6.93. The number of hydrogen-bond acceptors (Lipinski definition) is 16. The summed E-state index contributed by atoms with van der Waals surface area (Å²) >= 11 is 37.0. The second-order valence-electron chi connectivity index (χ2n) is 29.0. The van der Waals surface area contributed by atoms with Gasteiger partial charge >= 0.3 is 18.3 Å². The average molecular weight is 1910 g/mol. The van der Waals surface area contributed by atoms with E-state index in [2.05, 4.69) is 25.0 Å². The van der Waals surface area contributed by atoms with Crippen LogP contribution in [0.2, 0.25) is 30.1 Å². The molecule has 0 saturated heterocycles. The fourth-order valence-electron chi connectivity index (χ4n) is 13.6. The van der Waals surface area contributed by atoms with Gasteiger partial charge in [-0.05, 0) is 240 Å². The van der Waals surface area contributed by atoms with Crippen LogP contribution in [0.15, 0.2) is 140 Å². The highest BCUT2D eigenvalue weighted by Crippen LogP contribution is 2.35. The van der Waals surface area contributed by atoms with Gasteiger partial charge in [-0.2, -0.15) is 26.3 Å². The monoisotopic (exact) mass is 1900 g/mol. The topological polar surface area (TPSA) is 360 Å². The van der Waals surface area contributed by atoms with Crippen LogP contribution in [0.1, 0.15) is 144 Å². The Morgan fingerprint density at radius 3 is 1.08 bits per heavy atom. The summed E-state index contributed by atoms with van der Waals surface area (Å²) < 4.78 is 175. The standard InChI is InChI=1S/C31H29Cl2N3O6S.C30H28Cl2F3N3O5S.C24H24Cl2F3N3O5S/c1-18-15-21(16-19(2)27(18)33)42-13-5-9-23-22-11-10-20(32)17-26(22)34-28(23)29(37)35-43(40,41)14-6-12-36-30(38)24-7-3-4-8-25(24)31(36)39;1-17-13-22(14-18(2)26(17)32)43-11-4-7-24-23-9-8-21(31)16-25(23)37-27(24)29(40)38-44(41,42)12-10-36-28(39)19-5-3-6-20(15-19)30(33,34)35;1-13-10-16(11-14(2)20(13)26)37-8-3-4-18-17-6-5-15(25)12-19(17)31-21(18)22(33)32-38(35,36)9-7-30-23(34)24(27,28)29/h3-4,7-8,10-11,15-17,34H,5-6,9,12-14H2,1-2H3,(H,35,37);3,5-6,8-9,13-16,37H,4,7,10-12H2,1-2H3,(H,36,39)(H,38,40);5-6,10-12,31H,3-4,7-9H2,1-2H3,(H,30,34)(H,32,33). The van der Waals surface area contributed by atoms with Crippen LogP contribution in [0, 0.1) is 41.5 Å². The zero-order valence-electron chi connectivity index (χ0n) is 67.3. The molecule has 1 aliphatic rings. The molecule has 8 N–H and O–H groups in total. The average Bonchev–Trinajstić information content (AvgIpc) is 1.65. The number of rotatable bonds is 32. The molecule has 12 rings (SSSR count). The van der Waals surface area contributed by atoms with Crippen molar-refractivity contribution >= 4 is 174 Å². The number of halogens is 12. The zero-order valence-corrected chi connectivity index (χ0v) is 74.3. The molecule has 3 aromatic heterocycles. The molecule has 0 saturated carbocycles. The number of aromatic nitrogens is 3. The molecule has 8 aromatic carbocycles. The van der Waals surface area contributed by atoms with Crippen LogP contribution < -0.4 is 39.0 Å². The van der Waals surface area contributed by atoms with Gasteiger partial charge in [0.05, 0.1) is 53.8 Å². The lowest BCUT2D eigenvalue weighted by molar-refractivity contribution is -0.173. The fourth-order valence-corrected chi connectivity index (χ4v) is 17.1. The van der Waals surface area contributed by atoms with E-state index in [1.807, 2.05) is 87.4 Å². The van der Waals surface area contributed by atoms with Crippen LogP contribution in [-0.4, -0.2) is 149 Å². The molecule has 0 aliphatic carbocycles. The first-order valence-corrected chi connectivity index (χ1v) is 45.5. The highest BCUT2D eigenvalue weighted by atomic mass is 35.5. The number of imide groups is 1. The van der Waals surface area contributed by atoms with Crippen molar-refractivity contribution < 1.29 is 99.4 Å². The summed E-state index contributed by atoms with van der Waals surface area (Å²) in [6.07, 6.45) is -7.21. The number of benzene rings is 8. The van der Waals surface area contributed by atoms with Crippen molar-refractivity contribution in [3.63, 3.8) is 0 Å². The summed E-state index contributed by atoms with van der Waals surface area (Å²) in [4.78, 5) is 97.4. The molecular weight excluding hydrogens is 1830 g/mol. The van der Waals surface area contributed by atoms with Gasteiger partial charge in [0, 0.05) is 88.0 Å². The first-order chi connectivity index (χ1) is 58.8. The van der Waals surface area contributed by atoms with Crippen LogP contribution in [-0.2, 0) is 60.3 Å². The largest absolute Gasteiger partial charge is 0.494 e. The zero-order chi connectivity index (χ0) is 91.4. The highest BCUT2D eigenvalue weighted by molar-refractivity contribution is 7.90. The van der Waals surface area contributed by atoms with Gasteiger partial charge in [-0.15, -0.1) is 0 Å². The lowest BCUT2D eigenvalue weighted by Gasteiger charge is -2.14. The fraction of sp³-hybridized carbons (Fsp3) is 0.282. The Morgan fingerprint density at radius 1 is 0.408 bits per heavy atom. The maximum atomic E-state index is 13.3. The van der Waals surface area contributed by atoms with Gasteiger partial charge in [0.25, 0.3) is 35.4 Å². The van der Waals surface area contributed by atoms with E-state index in [-0.39, 0.29) is 35.6 Å². The van der Waals surface area contributed by atoms with Crippen LogP contribution in [0.5, 0.6) is 17.2 Å². The van der Waals surface area contributed by atoms with Gasteiger partial charge < -0.3 is 39.8 Å². The van der Waals surface area contributed by atoms with Crippen molar-refractivity contribution in [3.05, 3.63) is 259 Å². The third-order valence-corrected chi connectivity index (χ3v) is 25.8. The number of fused-ring (bicyclic) bond motifs is 4. The minimum absolute atomic E-state index is 0.0250. The Labute approximate surface area is 744 Å². The van der Waals surface area contributed by atoms with E-state index in [0.29, 0.717) is 167 Å². The van der Waals surface area contributed by atoms with Gasteiger partial charge in [0.15, 0.2) is 0 Å². The third kappa shape index (κ3) is 25.6. The number of alkyl halides is 6. The van der Waals surface area contributed by atoms with E-state index < -0.39 is 120 Å². The van der Waals surface area contributed by atoms with Gasteiger partial charge in [-0.25, -0.2) is 39.4 Å². The maximum Gasteiger partial charge on any atom is 0.471 e. The first kappa shape index (κ1) is 96.6. The minimum Gasteiger partial charge on any atom is -0.494 e. The Bertz CT molecular complexity index is 6260. The lowest BCUT2D eigenvalue weighted by Crippen LogP contribution is -2.41. The Morgan fingerprint density at radius 2 is 0.744 bits per heavy atom. The van der Waals surface area contributed by atoms with Crippen LogP contribution >= 0.6 is 69.6 Å². The first-order valence-electron chi connectivity index (χ1n) is 38.3. The third-order valence-electron chi connectivity index (χ3n) is 19.5. The number of aromatic amines is 3. The number of sulfonamides is 3. The van der Waals surface area contributed by atoms with Crippen molar-refractivity contribution in [2.75, 3.05) is 56.7 Å². The Hall–Kier alpha value is -10.6. The van der Waals surface area contributed by atoms with Gasteiger partial charge in [-0.1, -0.05) is 106 Å². The number of carbonyl (C=O) groups excluding carboxylic acids is 7. The van der Waals surface area contributed by atoms with Crippen molar-refractivity contribution in [2.24, 2.45) is 0 Å². The van der Waals surface area contributed by atoms with E-state index >= 15 is 0 Å². The van der Waals surface area contributed by atoms with E-state index in [4.69, 9.17) is 83.8 Å². The van der Waals surface area contributed by atoms with Gasteiger partial charge in [-0.3, -0.25) is 38.5 Å². The molecule has 25 nitrogen and oxygen atoms in total. The van der Waals surface area contributed by atoms with Crippen LogP contribution in [0.3, 0.4) is 0 Å². The molecule has 0 unspecified atom stereocenters. The van der Waals surface area contributed by atoms with Crippen molar-refractivity contribution in [1.29, 1.82) is 0 Å². The number of aryl methyl sites for hydroxylation is 9. The number of carbonyl (C=O) groups is 7. The summed E-state index contributed by atoms with van der Waals surface area (Å²) in [7, 11) is -12.7. The van der Waals surface area contributed by atoms with Gasteiger partial charge in [0.2, 0.25) is 30.1 Å². The van der Waals surface area contributed by atoms with E-state index in [1.165, 1.54) is 11.4 Å². The molecule has 1 aliphatic heterocycles. The molecule has 0 bridgehead atoms. The Balaban J connectivity index is 0.000000197. The number of amides is 7. The second-order valence-corrected chi connectivity index (χ2v) is 36.9. The normalized spacial score (nSPS) is 12.3. The SMILES string of the molecule is Cc1cc(OCCCc2c(C(=O)NS(=O)(=O)CCCN3C(=O)c4ccccc4C3=O)[nH]c3cc(Cl)ccc23)cc(C)c1Cl.Cc1cc(OCCCc2c(C(=O)NS(=O)(=O)CCNC(=O)C(F)(F)F)[nH]c3cc(Cl)ccc23)cc(C)c1Cl.Cc1cc(OCCCc2c(C(=O)NS(=O)(=O)CCNC(=O)c3cccc(C(F)(F)F)c3)[nH]c3cc(Cl)ccc23)cc(C)c1Cl. The predicted molar refractivity (Wildman–Crippen MR) is 467 cm³/mol. The quantitative estimate of drug-likeness (QED) is 0.0110. The van der Waals surface area contributed by atoms with Crippen molar-refractivity contribution in [1.82, 2.24) is 44.7 Å². The Kier molecular flexibility index (Phi) is 31.9. The number of hydrogen-bond donors (Lipinski definition) is 8. The smallest absolute Gasteiger partial charge is 0.471 e. The number of nitrogens with one attached hydrogen (secondary N) is 8. The summed E-state index contributed by atoms with van der Waals surface area (Å²) in [6, 6.07) is 36.2. The van der Waals surface area contributed by atoms with Crippen LogP contribution in [0.25, 0.3) is 32.7 Å². The van der Waals surface area contributed by atoms with E-state index in [9.17, 15) is 85.2 Å². The summed E-state index contributed by atoms with van der Waals surface area (Å²) in [5, 5.41) is 9.07. The number of H-pyrrole nitrogens is 3. The summed E-state index contributed by atoms with van der Waals surface area (Å²) in [5.41, 5.74) is 8.05. The van der Waals surface area contributed by atoms with Crippen molar-refractivity contribution in [3.8, 4) is 17.2 Å². The minimum atomic E-state index is -5.15. The molecule has 7 amide bonds. The van der Waals surface area contributed by atoms with Gasteiger partial charge in [0.1, 0.15) is 34.3 Å². The van der Waals surface area contributed by atoms with Crippen molar-refractivity contribution in [2.45, 2.75) is 98.8 Å². The molecule has 4 heterocycles. The molecule has 125 heavy (non-hydrogen) atoms. The number of nitrogens with zero attached hydrogens (tertiary/aromatic N) is 1. The van der Waals surface area contributed by atoms with Crippen LogP contribution in [0.4, 0.5) is 26.3 Å². The molecule has 664 valence electrons. The molecule has 40 heteroatoms. The molecular formula is C85H81Cl6F6N9O16S3. The predicted octanol–water partition coefficient (Wildman–Crippen LogP) is 17.3. The molecule has 0 fully saturated rings. The lowest BCUT2D eigenvalue weighted by atomic mass is 10.1. The second kappa shape index (κ2) is 41.3. The van der Waals surface area contributed by atoms with E-state index in [0.717, 1.165) is 55.8 Å². The molecule has 0 spiro atoms.